The van der Waals surface area contributed by atoms with E-state index < -0.39 is 28.7 Å². The second-order valence-corrected chi connectivity index (χ2v) is 7.25. The lowest BCUT2D eigenvalue weighted by Gasteiger charge is -2.12. The van der Waals surface area contributed by atoms with E-state index in [2.05, 4.69) is 20.9 Å². The highest BCUT2D eigenvalue weighted by Crippen LogP contribution is 2.36. The Bertz CT molecular complexity index is 1220. The van der Waals surface area contributed by atoms with Crippen molar-refractivity contribution in [2.45, 2.75) is 13.1 Å². The number of rotatable bonds is 5. The monoisotopic (exact) mass is 479 g/mol. The molecule has 3 aromatic rings. The summed E-state index contributed by atoms with van der Waals surface area (Å²) in [5, 5.41) is 6.80. The fourth-order valence-electron chi connectivity index (χ4n) is 3.03. The molecule has 1 aromatic heterocycles. The minimum atomic E-state index is -4.66. The fourth-order valence-corrected chi connectivity index (χ4v) is 3.25. The number of alkyl halides is 3. The lowest BCUT2D eigenvalue weighted by atomic mass is 10.0. The molecule has 33 heavy (non-hydrogen) atoms. The van der Waals surface area contributed by atoms with E-state index in [9.17, 15) is 27.6 Å². The molecule has 0 unspecified atom stereocenters. The molecule has 12 heteroatoms. The van der Waals surface area contributed by atoms with E-state index in [1.165, 1.54) is 31.3 Å². The quantitative estimate of drug-likeness (QED) is 0.351. The molecular weight excluding hydrogens is 463 g/mol. The first-order valence-electron chi connectivity index (χ1n) is 9.29. The number of hydrogen-bond acceptors (Lipinski definition) is 3. The molecule has 0 bridgehead atoms. The SMILES string of the molecule is CC(=O)Nc1[nH]cc(-c2ccc(NC(=O)Nc3ccc(Cl)c(C(F)(F)F)c3)cc2)c1C(N)=O. The zero-order valence-corrected chi connectivity index (χ0v) is 17.7. The molecule has 0 fully saturated rings. The summed E-state index contributed by atoms with van der Waals surface area (Å²) in [5.74, 6) is -0.981. The summed E-state index contributed by atoms with van der Waals surface area (Å²) in [6.45, 7) is 1.28. The van der Waals surface area contributed by atoms with Crippen LogP contribution in [-0.2, 0) is 11.0 Å². The Morgan fingerprint density at radius 3 is 2.15 bits per heavy atom. The standard InChI is InChI=1S/C21H17ClF3N5O3/c1-10(31)28-19-17(18(26)32)14(9-27-19)11-2-4-12(5-3-11)29-20(33)30-13-6-7-16(22)15(8-13)21(23,24)25/h2-9,27H,1H3,(H2,26,32)(H,28,31)(H2,29,30,33). The minimum absolute atomic E-state index is 0.0897. The second-order valence-electron chi connectivity index (χ2n) is 6.85. The Kier molecular flexibility index (Phi) is 6.63. The summed E-state index contributed by atoms with van der Waals surface area (Å²) >= 11 is 5.57. The first-order valence-corrected chi connectivity index (χ1v) is 9.67. The molecular formula is C21H17ClF3N5O3. The van der Waals surface area contributed by atoms with Gasteiger partial charge in [0.15, 0.2) is 0 Å². The molecule has 172 valence electrons. The van der Waals surface area contributed by atoms with Crippen LogP contribution >= 0.6 is 11.6 Å². The van der Waals surface area contributed by atoms with Crippen molar-refractivity contribution in [2.24, 2.45) is 5.73 Å². The van der Waals surface area contributed by atoms with Gasteiger partial charge < -0.3 is 26.7 Å². The van der Waals surface area contributed by atoms with Crippen LogP contribution in [0.3, 0.4) is 0 Å². The van der Waals surface area contributed by atoms with Gasteiger partial charge in [0.05, 0.1) is 16.1 Å². The van der Waals surface area contributed by atoms with Crippen LogP contribution in [0.4, 0.5) is 35.2 Å². The number of halogens is 4. The first kappa shape index (κ1) is 23.7. The second kappa shape index (κ2) is 9.25. The number of benzene rings is 2. The molecule has 0 saturated heterocycles. The van der Waals surface area contributed by atoms with Gasteiger partial charge in [0.1, 0.15) is 5.82 Å². The fraction of sp³-hybridized carbons (Fsp3) is 0.0952. The number of hydrogen-bond donors (Lipinski definition) is 5. The highest BCUT2D eigenvalue weighted by atomic mass is 35.5. The number of aromatic amines is 1. The van der Waals surface area contributed by atoms with Crippen molar-refractivity contribution in [1.29, 1.82) is 0 Å². The van der Waals surface area contributed by atoms with E-state index in [-0.39, 0.29) is 23.0 Å². The van der Waals surface area contributed by atoms with Crippen molar-refractivity contribution in [2.75, 3.05) is 16.0 Å². The molecule has 0 atom stereocenters. The molecule has 8 nitrogen and oxygen atoms in total. The lowest BCUT2D eigenvalue weighted by molar-refractivity contribution is -0.137. The number of aromatic nitrogens is 1. The van der Waals surface area contributed by atoms with Gasteiger partial charge in [-0.1, -0.05) is 23.7 Å². The number of H-pyrrole nitrogens is 1. The van der Waals surface area contributed by atoms with Crippen molar-refractivity contribution < 1.29 is 27.6 Å². The Balaban J connectivity index is 1.74. The van der Waals surface area contributed by atoms with E-state index in [1.54, 1.807) is 12.1 Å². The summed E-state index contributed by atoms with van der Waals surface area (Å²) in [5.41, 5.74) is 5.69. The highest BCUT2D eigenvalue weighted by Gasteiger charge is 2.33. The Morgan fingerprint density at radius 1 is 0.970 bits per heavy atom. The largest absolute Gasteiger partial charge is 0.417 e. The molecule has 0 aliphatic heterocycles. The van der Waals surface area contributed by atoms with E-state index >= 15 is 0 Å². The summed E-state index contributed by atoms with van der Waals surface area (Å²) in [6, 6.07) is 8.46. The number of nitrogens with one attached hydrogen (secondary N) is 4. The third-order valence-electron chi connectivity index (χ3n) is 4.41. The zero-order valence-electron chi connectivity index (χ0n) is 16.9. The predicted octanol–water partition coefficient (Wildman–Crippen LogP) is 5.06. The lowest BCUT2D eigenvalue weighted by Crippen LogP contribution is -2.20. The number of carbonyl (C=O) groups is 3. The van der Waals surface area contributed by atoms with Crippen LogP contribution in [0.15, 0.2) is 48.7 Å². The van der Waals surface area contributed by atoms with Crippen molar-refractivity contribution in [3.63, 3.8) is 0 Å². The molecule has 1 heterocycles. The number of nitrogens with two attached hydrogens (primary N) is 1. The van der Waals surface area contributed by atoms with Gasteiger partial charge in [0, 0.05) is 30.1 Å². The predicted molar refractivity (Wildman–Crippen MR) is 118 cm³/mol. The van der Waals surface area contributed by atoms with Crippen LogP contribution < -0.4 is 21.7 Å². The molecule has 0 aliphatic carbocycles. The maximum atomic E-state index is 13.0. The van der Waals surface area contributed by atoms with Crippen molar-refractivity contribution >= 4 is 46.6 Å². The Hall–Kier alpha value is -3.99. The molecule has 0 spiro atoms. The summed E-state index contributed by atoms with van der Waals surface area (Å²) in [4.78, 5) is 38.1. The number of carbonyl (C=O) groups excluding carboxylic acids is 3. The van der Waals surface area contributed by atoms with Crippen LogP contribution in [0.1, 0.15) is 22.8 Å². The third-order valence-corrected chi connectivity index (χ3v) is 4.74. The number of urea groups is 1. The van der Waals surface area contributed by atoms with Crippen LogP contribution in [0.25, 0.3) is 11.1 Å². The average Bonchev–Trinajstić information content (AvgIpc) is 3.12. The van der Waals surface area contributed by atoms with E-state index in [0.717, 1.165) is 12.1 Å². The van der Waals surface area contributed by atoms with Gasteiger partial charge >= 0.3 is 12.2 Å². The normalized spacial score (nSPS) is 11.1. The maximum Gasteiger partial charge on any atom is 0.417 e. The topological polar surface area (TPSA) is 129 Å². The molecule has 6 N–H and O–H groups in total. The third kappa shape index (κ3) is 5.63. The van der Waals surface area contributed by atoms with E-state index in [0.29, 0.717) is 16.8 Å². The molecule has 2 aromatic carbocycles. The van der Waals surface area contributed by atoms with Gasteiger partial charge in [0.25, 0.3) is 5.91 Å². The Labute approximate surface area is 190 Å². The zero-order chi connectivity index (χ0) is 24.3. The van der Waals surface area contributed by atoms with Crippen molar-refractivity contribution in [3.8, 4) is 11.1 Å². The molecule has 4 amide bonds. The number of amides is 4. The molecule has 3 rings (SSSR count). The van der Waals surface area contributed by atoms with Gasteiger partial charge in [-0.25, -0.2) is 4.79 Å². The van der Waals surface area contributed by atoms with Crippen LogP contribution in [0.2, 0.25) is 5.02 Å². The number of primary amides is 1. The maximum absolute atomic E-state index is 13.0. The number of anilines is 3. The van der Waals surface area contributed by atoms with E-state index in [1.807, 2.05) is 0 Å². The molecule has 0 saturated carbocycles. The summed E-state index contributed by atoms with van der Waals surface area (Å²) in [6.07, 6.45) is -3.16. The van der Waals surface area contributed by atoms with Gasteiger partial charge in [-0.05, 0) is 35.9 Å². The average molecular weight is 480 g/mol. The molecule has 0 aliphatic rings. The van der Waals surface area contributed by atoms with Crippen molar-refractivity contribution in [1.82, 2.24) is 4.98 Å². The van der Waals surface area contributed by atoms with Gasteiger partial charge in [-0.15, -0.1) is 0 Å². The highest BCUT2D eigenvalue weighted by molar-refractivity contribution is 6.31. The van der Waals surface area contributed by atoms with Crippen LogP contribution in [0, 0.1) is 0 Å². The minimum Gasteiger partial charge on any atom is -0.365 e. The van der Waals surface area contributed by atoms with Gasteiger partial charge in [-0.3, -0.25) is 9.59 Å². The van der Waals surface area contributed by atoms with Crippen LogP contribution in [0.5, 0.6) is 0 Å². The van der Waals surface area contributed by atoms with Gasteiger partial charge in [-0.2, -0.15) is 13.2 Å². The van der Waals surface area contributed by atoms with Crippen molar-refractivity contribution in [3.05, 3.63) is 64.8 Å². The van der Waals surface area contributed by atoms with E-state index in [4.69, 9.17) is 17.3 Å². The first-order chi connectivity index (χ1) is 15.5. The summed E-state index contributed by atoms with van der Waals surface area (Å²) in [7, 11) is 0. The smallest absolute Gasteiger partial charge is 0.365 e. The summed E-state index contributed by atoms with van der Waals surface area (Å²) < 4.78 is 38.9. The van der Waals surface area contributed by atoms with Gasteiger partial charge in [0.2, 0.25) is 5.91 Å². The van der Waals surface area contributed by atoms with Crippen LogP contribution in [-0.4, -0.2) is 22.8 Å². The Morgan fingerprint density at radius 2 is 1.58 bits per heavy atom. The molecule has 0 radical (unpaired) electrons.